The van der Waals surface area contributed by atoms with Crippen molar-refractivity contribution in [2.75, 3.05) is 13.3 Å². The summed E-state index contributed by atoms with van der Waals surface area (Å²) in [6, 6.07) is -1.56. The summed E-state index contributed by atoms with van der Waals surface area (Å²) < 4.78 is 4.98. The molecule has 3 atom stereocenters. The maximum atomic E-state index is 11.9. The van der Waals surface area contributed by atoms with Gasteiger partial charge in [-0.3, -0.25) is 4.79 Å². The molecule has 1 aliphatic rings. The van der Waals surface area contributed by atoms with Gasteiger partial charge in [-0.2, -0.15) is 0 Å². The van der Waals surface area contributed by atoms with Gasteiger partial charge in [0.2, 0.25) is 5.91 Å². The minimum absolute atomic E-state index is 0.0138. The lowest BCUT2D eigenvalue weighted by molar-refractivity contribution is -0.148. The molecule has 6 nitrogen and oxygen atoms in total. The first-order chi connectivity index (χ1) is 7.49. The molecule has 1 saturated heterocycles. The van der Waals surface area contributed by atoms with Crippen LogP contribution in [0.1, 0.15) is 20.3 Å². The number of amides is 1. The van der Waals surface area contributed by atoms with E-state index in [-0.39, 0.29) is 25.2 Å². The van der Waals surface area contributed by atoms with E-state index >= 15 is 0 Å². The third kappa shape index (κ3) is 2.51. The second-order valence-electron chi connectivity index (χ2n) is 4.07. The van der Waals surface area contributed by atoms with Crippen LogP contribution in [0.15, 0.2) is 0 Å². The van der Waals surface area contributed by atoms with E-state index in [1.165, 1.54) is 4.90 Å². The van der Waals surface area contributed by atoms with E-state index in [0.717, 1.165) is 6.42 Å². The van der Waals surface area contributed by atoms with Crippen molar-refractivity contribution in [2.24, 2.45) is 11.7 Å². The first-order valence-corrected chi connectivity index (χ1v) is 5.35. The Morgan fingerprint density at radius 1 is 1.62 bits per heavy atom. The molecule has 0 aromatic rings. The van der Waals surface area contributed by atoms with Crippen molar-refractivity contribution < 1.29 is 19.4 Å². The van der Waals surface area contributed by atoms with Gasteiger partial charge in [0.1, 0.15) is 6.73 Å². The molecule has 0 bridgehead atoms. The second-order valence-corrected chi connectivity index (χ2v) is 4.07. The predicted molar refractivity (Wildman–Crippen MR) is 56.5 cm³/mol. The van der Waals surface area contributed by atoms with Crippen LogP contribution < -0.4 is 5.73 Å². The predicted octanol–water partition coefficient (Wildman–Crippen LogP) is -0.371. The van der Waals surface area contributed by atoms with E-state index in [1.807, 2.05) is 13.8 Å². The highest BCUT2D eigenvalue weighted by molar-refractivity contribution is 5.87. The highest BCUT2D eigenvalue weighted by Crippen LogP contribution is 2.15. The summed E-state index contributed by atoms with van der Waals surface area (Å²) in [6.07, 6.45) is 0.777. The summed E-state index contributed by atoms with van der Waals surface area (Å²) in [5.41, 5.74) is 5.77. The Hall–Kier alpha value is -1.14. The van der Waals surface area contributed by atoms with E-state index in [4.69, 9.17) is 15.6 Å². The maximum absolute atomic E-state index is 11.9. The zero-order valence-corrected chi connectivity index (χ0v) is 9.55. The minimum atomic E-state index is -1.05. The Bertz CT molecular complexity index is 282. The fourth-order valence-corrected chi connectivity index (χ4v) is 1.55. The van der Waals surface area contributed by atoms with Gasteiger partial charge in [-0.25, -0.2) is 4.79 Å². The fraction of sp³-hybridized carbons (Fsp3) is 0.800. The van der Waals surface area contributed by atoms with Crippen LogP contribution in [0.25, 0.3) is 0 Å². The van der Waals surface area contributed by atoms with Gasteiger partial charge in [-0.1, -0.05) is 20.3 Å². The number of carbonyl (C=O) groups excluding carboxylic acids is 1. The molecule has 16 heavy (non-hydrogen) atoms. The van der Waals surface area contributed by atoms with E-state index in [2.05, 4.69) is 0 Å². The van der Waals surface area contributed by atoms with Crippen LogP contribution in [0.3, 0.4) is 0 Å². The molecule has 92 valence electrons. The molecule has 0 aromatic heterocycles. The summed E-state index contributed by atoms with van der Waals surface area (Å²) in [6.45, 7) is 3.86. The highest BCUT2D eigenvalue weighted by atomic mass is 16.5. The summed E-state index contributed by atoms with van der Waals surface area (Å²) in [5.74, 6) is -1.37. The molecule has 0 spiro atoms. The molecule has 1 rings (SSSR count). The summed E-state index contributed by atoms with van der Waals surface area (Å²) in [5, 5.41) is 8.90. The quantitative estimate of drug-likeness (QED) is 0.687. The van der Waals surface area contributed by atoms with E-state index < -0.39 is 18.1 Å². The van der Waals surface area contributed by atoms with Gasteiger partial charge < -0.3 is 20.5 Å². The molecule has 3 N–H and O–H groups in total. The highest BCUT2D eigenvalue weighted by Gasteiger charge is 2.37. The van der Waals surface area contributed by atoms with Crippen LogP contribution in [0, 0.1) is 5.92 Å². The smallest absolute Gasteiger partial charge is 0.328 e. The van der Waals surface area contributed by atoms with Crippen molar-refractivity contribution in [3.63, 3.8) is 0 Å². The molecule has 1 amide bonds. The van der Waals surface area contributed by atoms with Crippen LogP contribution in [-0.4, -0.2) is 47.3 Å². The molecule has 0 aromatic carbocycles. The van der Waals surface area contributed by atoms with E-state index in [0.29, 0.717) is 0 Å². The third-order valence-electron chi connectivity index (χ3n) is 2.99. The first-order valence-electron chi connectivity index (χ1n) is 5.35. The van der Waals surface area contributed by atoms with Crippen molar-refractivity contribution in [3.8, 4) is 0 Å². The Balaban J connectivity index is 2.69. The van der Waals surface area contributed by atoms with Crippen molar-refractivity contribution in [1.29, 1.82) is 0 Å². The van der Waals surface area contributed by atoms with Gasteiger partial charge in [0.25, 0.3) is 0 Å². The van der Waals surface area contributed by atoms with Gasteiger partial charge in [-0.05, 0) is 5.92 Å². The van der Waals surface area contributed by atoms with Crippen LogP contribution >= 0.6 is 0 Å². The Morgan fingerprint density at radius 2 is 2.25 bits per heavy atom. The molecular formula is C10H18N2O4. The first kappa shape index (κ1) is 12.9. The largest absolute Gasteiger partial charge is 0.480 e. The molecule has 0 aliphatic carbocycles. The molecule has 1 aliphatic heterocycles. The van der Waals surface area contributed by atoms with Crippen LogP contribution in [0.5, 0.6) is 0 Å². The normalized spacial score (nSPS) is 24.2. The average Bonchev–Trinajstić information content (AvgIpc) is 2.74. The number of carboxylic acid groups (broad SMARTS) is 1. The van der Waals surface area contributed by atoms with Crippen molar-refractivity contribution in [3.05, 3.63) is 0 Å². The Morgan fingerprint density at radius 3 is 2.75 bits per heavy atom. The van der Waals surface area contributed by atoms with Gasteiger partial charge in [-0.15, -0.1) is 0 Å². The summed E-state index contributed by atoms with van der Waals surface area (Å²) in [4.78, 5) is 24.0. The number of carbonyl (C=O) groups is 2. The Kier molecular flexibility index (Phi) is 4.26. The summed E-state index contributed by atoms with van der Waals surface area (Å²) in [7, 11) is 0. The molecule has 6 heteroatoms. The number of nitrogens with two attached hydrogens (primary N) is 1. The molecule has 0 saturated carbocycles. The molecular weight excluding hydrogens is 212 g/mol. The number of rotatable bonds is 4. The van der Waals surface area contributed by atoms with Gasteiger partial charge in [0.15, 0.2) is 6.04 Å². The third-order valence-corrected chi connectivity index (χ3v) is 2.99. The average molecular weight is 230 g/mol. The zero-order valence-electron chi connectivity index (χ0n) is 9.55. The zero-order chi connectivity index (χ0) is 12.3. The maximum Gasteiger partial charge on any atom is 0.328 e. The minimum Gasteiger partial charge on any atom is -0.480 e. The number of aliphatic carboxylic acids is 1. The Labute approximate surface area is 94.3 Å². The number of hydrogen-bond donors (Lipinski definition) is 2. The van der Waals surface area contributed by atoms with Gasteiger partial charge in [0.05, 0.1) is 12.6 Å². The number of hydrogen-bond acceptors (Lipinski definition) is 4. The van der Waals surface area contributed by atoms with Crippen molar-refractivity contribution >= 4 is 11.9 Å². The lowest BCUT2D eigenvalue weighted by Crippen LogP contribution is -2.51. The molecule has 3 unspecified atom stereocenters. The van der Waals surface area contributed by atoms with Crippen LogP contribution in [-0.2, 0) is 14.3 Å². The lowest BCUT2D eigenvalue weighted by atomic mass is 9.98. The lowest BCUT2D eigenvalue weighted by Gasteiger charge is -2.25. The van der Waals surface area contributed by atoms with Crippen LogP contribution in [0.2, 0.25) is 0 Å². The topological polar surface area (TPSA) is 92.9 Å². The fourth-order valence-electron chi connectivity index (χ4n) is 1.55. The van der Waals surface area contributed by atoms with Crippen molar-refractivity contribution in [2.45, 2.75) is 32.4 Å². The summed E-state index contributed by atoms with van der Waals surface area (Å²) >= 11 is 0. The van der Waals surface area contributed by atoms with Gasteiger partial charge >= 0.3 is 5.97 Å². The SMILES string of the molecule is CCC(C)C(N)C(=O)N1COCC1C(=O)O. The van der Waals surface area contributed by atoms with Gasteiger partial charge in [0, 0.05) is 0 Å². The number of ether oxygens (including phenoxy) is 1. The second kappa shape index (κ2) is 5.27. The monoisotopic (exact) mass is 230 g/mol. The standard InChI is InChI=1S/C10H18N2O4/c1-3-6(2)8(11)9(13)12-5-16-4-7(12)10(14)15/h6-8H,3-5,11H2,1-2H3,(H,14,15). The number of carboxylic acids is 1. The number of nitrogens with zero attached hydrogens (tertiary/aromatic N) is 1. The molecule has 0 radical (unpaired) electrons. The molecule has 1 heterocycles. The molecule has 1 fully saturated rings. The van der Waals surface area contributed by atoms with E-state index in [1.54, 1.807) is 0 Å². The van der Waals surface area contributed by atoms with Crippen molar-refractivity contribution in [1.82, 2.24) is 4.90 Å². The van der Waals surface area contributed by atoms with E-state index in [9.17, 15) is 9.59 Å². The van der Waals surface area contributed by atoms with Crippen LogP contribution in [0.4, 0.5) is 0 Å².